The molecule has 4 aliphatic rings. The fourth-order valence-corrected chi connectivity index (χ4v) is 10.7. The summed E-state index contributed by atoms with van der Waals surface area (Å²) < 4.78 is 17.6. The molecule has 0 aromatic heterocycles. The number of benzene rings is 4. The van der Waals surface area contributed by atoms with Crippen LogP contribution < -0.4 is 20.3 Å². The number of amides is 4. The van der Waals surface area contributed by atoms with Gasteiger partial charge < -0.3 is 35.1 Å². The van der Waals surface area contributed by atoms with Crippen molar-refractivity contribution in [2.45, 2.75) is 93.7 Å². The first-order valence-corrected chi connectivity index (χ1v) is 23.3. The maximum absolute atomic E-state index is 16.5. The van der Waals surface area contributed by atoms with Crippen LogP contribution in [0.25, 0.3) is 0 Å². The summed E-state index contributed by atoms with van der Waals surface area (Å²) in [5, 5.41) is 27.1. The molecule has 3 aliphatic heterocycles. The zero-order valence-electron chi connectivity index (χ0n) is 38.6. The summed E-state index contributed by atoms with van der Waals surface area (Å²) in [6.07, 6.45) is 5.10. The number of urea groups is 1. The van der Waals surface area contributed by atoms with Gasteiger partial charge in [-0.05, 0) is 84.2 Å². The zero-order valence-corrected chi connectivity index (χ0v) is 38.6. The van der Waals surface area contributed by atoms with Crippen LogP contribution >= 0.6 is 0 Å². The molecule has 14 heteroatoms. The van der Waals surface area contributed by atoms with Gasteiger partial charge in [-0.3, -0.25) is 19.3 Å². The van der Waals surface area contributed by atoms with Crippen LogP contribution in [0.4, 0.5) is 10.5 Å². The molecule has 14 nitrogen and oxygen atoms in total. The first-order chi connectivity index (χ1) is 32.9. The monoisotopic (exact) mass is 922 g/mol. The molecule has 8 rings (SSSR count). The fourth-order valence-electron chi connectivity index (χ4n) is 10.7. The van der Waals surface area contributed by atoms with Crippen LogP contribution in [0.2, 0.25) is 0 Å². The summed E-state index contributed by atoms with van der Waals surface area (Å²) in [6, 6.07) is 24.9. The Balaban J connectivity index is 1.46. The first-order valence-electron chi connectivity index (χ1n) is 23.3. The Morgan fingerprint density at radius 3 is 2.22 bits per heavy atom. The molecule has 354 valence electrons. The number of nitrogens with zero attached hydrogens (tertiary/aromatic N) is 2. The number of nitrogens with one attached hydrogen (secondary N) is 2. The molecule has 0 radical (unpaired) electrons. The SMILES string of the molecule is C=CCNC(=O)C1C2C(=O)OC(c3ccccc3)C(c3ccccc3)N2C(c2cccc(OCCO)c2)C12C(=O)N(C(=O)NC(C(=O)OC)C(C)C)c1ccc(C#CC3(O)CCCCCC3)cc12. The van der Waals surface area contributed by atoms with E-state index in [1.807, 2.05) is 65.6 Å². The van der Waals surface area contributed by atoms with Crippen molar-refractivity contribution < 1.29 is 48.4 Å². The lowest BCUT2D eigenvalue weighted by Crippen LogP contribution is -2.57. The van der Waals surface area contributed by atoms with E-state index in [0.717, 1.165) is 30.6 Å². The van der Waals surface area contributed by atoms with Crippen LogP contribution in [0, 0.1) is 23.7 Å². The van der Waals surface area contributed by atoms with E-state index in [1.165, 1.54) is 13.2 Å². The first kappa shape index (κ1) is 47.7. The second kappa shape index (κ2) is 20.2. The number of morpholine rings is 1. The topological polar surface area (TPSA) is 184 Å². The molecule has 4 aromatic carbocycles. The molecule has 0 bridgehead atoms. The highest BCUT2D eigenvalue weighted by atomic mass is 16.6. The average molecular weight is 923 g/mol. The normalized spacial score (nSPS) is 24.4. The van der Waals surface area contributed by atoms with Gasteiger partial charge in [0.1, 0.15) is 41.6 Å². The maximum atomic E-state index is 16.5. The summed E-state index contributed by atoms with van der Waals surface area (Å²) >= 11 is 0. The van der Waals surface area contributed by atoms with Crippen LogP contribution in [0.5, 0.6) is 5.75 Å². The number of fused-ring (bicyclic) bond motifs is 3. The second-order valence-electron chi connectivity index (χ2n) is 18.2. The zero-order chi connectivity index (χ0) is 48.2. The number of rotatable bonds is 12. The van der Waals surface area contributed by atoms with E-state index in [-0.39, 0.29) is 31.0 Å². The summed E-state index contributed by atoms with van der Waals surface area (Å²) in [5.41, 5.74) is -0.841. The third-order valence-corrected chi connectivity index (χ3v) is 13.7. The van der Waals surface area contributed by atoms with E-state index in [9.17, 15) is 15.0 Å². The lowest BCUT2D eigenvalue weighted by molar-refractivity contribution is -0.178. The van der Waals surface area contributed by atoms with E-state index >= 15 is 19.2 Å². The molecule has 68 heavy (non-hydrogen) atoms. The lowest BCUT2D eigenvalue weighted by atomic mass is 9.65. The van der Waals surface area contributed by atoms with E-state index < -0.39 is 82.9 Å². The van der Waals surface area contributed by atoms with Crippen molar-refractivity contribution in [1.82, 2.24) is 15.5 Å². The van der Waals surface area contributed by atoms with Gasteiger partial charge in [0.15, 0.2) is 0 Å². The van der Waals surface area contributed by atoms with Crippen molar-refractivity contribution in [2.24, 2.45) is 11.8 Å². The van der Waals surface area contributed by atoms with Crippen LogP contribution in [-0.2, 0) is 34.1 Å². The number of imide groups is 1. The molecule has 1 saturated carbocycles. The Bertz CT molecular complexity index is 2600. The van der Waals surface area contributed by atoms with Crippen molar-refractivity contribution in [3.05, 3.63) is 144 Å². The standard InChI is InChI=1S/C54H58N4O10/c1-5-29-55-48(60)42-45-50(62)68-46(37-19-12-9-13-20-37)44(36-17-10-8-11-18-36)58(45)47(38-21-16-22-39(33-38)67-31-30-59)54(42)40-32-35(25-28-53(65)26-14-6-7-15-27-53)23-24-41(40)57(51(54)63)52(64)56-43(34(2)3)49(61)66-4/h5,8-13,16-24,32-34,42-47,59,65H,1,6-7,14-15,26-27,29-31H2,2-4H3,(H,55,60)(H,56,64). The van der Waals surface area contributed by atoms with Crippen molar-refractivity contribution in [3.63, 3.8) is 0 Å². The minimum atomic E-state index is -2.12. The summed E-state index contributed by atoms with van der Waals surface area (Å²) in [5.74, 6) is 1.60. The number of anilines is 1. The summed E-state index contributed by atoms with van der Waals surface area (Å²) in [7, 11) is 1.21. The van der Waals surface area contributed by atoms with Crippen molar-refractivity contribution >= 4 is 35.5 Å². The van der Waals surface area contributed by atoms with E-state index in [2.05, 4.69) is 29.1 Å². The van der Waals surface area contributed by atoms with Crippen molar-refractivity contribution in [2.75, 3.05) is 31.8 Å². The number of ether oxygens (including phenoxy) is 3. The van der Waals surface area contributed by atoms with Crippen LogP contribution in [-0.4, -0.2) is 89.5 Å². The largest absolute Gasteiger partial charge is 0.491 e. The van der Waals surface area contributed by atoms with Gasteiger partial charge in [0.25, 0.3) is 0 Å². The molecule has 3 heterocycles. The Morgan fingerprint density at radius 2 is 1.57 bits per heavy atom. The number of cyclic esters (lactones) is 1. The molecule has 4 amide bonds. The average Bonchev–Trinajstić information content (AvgIpc) is 3.69. The number of hydrogen-bond acceptors (Lipinski definition) is 11. The van der Waals surface area contributed by atoms with Gasteiger partial charge in [-0.1, -0.05) is 117 Å². The Hall–Kier alpha value is -6.79. The van der Waals surface area contributed by atoms with E-state index in [4.69, 9.17) is 14.2 Å². The van der Waals surface area contributed by atoms with Crippen LogP contribution in [0.1, 0.15) is 98.4 Å². The number of aliphatic hydroxyl groups is 2. The van der Waals surface area contributed by atoms with Gasteiger partial charge in [-0.15, -0.1) is 6.58 Å². The third-order valence-electron chi connectivity index (χ3n) is 13.7. The Labute approximate surface area is 396 Å². The molecule has 2 saturated heterocycles. The number of carbonyl (C=O) groups is 5. The molecule has 1 aliphatic carbocycles. The predicted molar refractivity (Wildman–Crippen MR) is 253 cm³/mol. The third kappa shape index (κ3) is 8.77. The maximum Gasteiger partial charge on any atom is 0.329 e. The highest BCUT2D eigenvalue weighted by Crippen LogP contribution is 2.66. The summed E-state index contributed by atoms with van der Waals surface area (Å²) in [4.78, 5) is 78.3. The molecule has 1 spiro atoms. The smallest absolute Gasteiger partial charge is 0.329 e. The second-order valence-corrected chi connectivity index (χ2v) is 18.2. The number of hydrogen-bond donors (Lipinski definition) is 4. The summed E-state index contributed by atoms with van der Waals surface area (Å²) in [6.45, 7) is 6.92. The predicted octanol–water partition coefficient (Wildman–Crippen LogP) is 6.37. The molecular formula is C54H58N4O10. The Morgan fingerprint density at radius 1 is 0.897 bits per heavy atom. The molecule has 3 fully saturated rings. The van der Waals surface area contributed by atoms with Crippen molar-refractivity contribution in [3.8, 4) is 17.6 Å². The van der Waals surface area contributed by atoms with Crippen molar-refractivity contribution in [1.29, 1.82) is 0 Å². The molecule has 7 atom stereocenters. The van der Waals surface area contributed by atoms with Gasteiger partial charge in [0.05, 0.1) is 37.4 Å². The molecule has 4 N–H and O–H groups in total. The van der Waals surface area contributed by atoms with E-state index in [0.29, 0.717) is 40.8 Å². The number of esters is 2. The van der Waals surface area contributed by atoms with Crippen LogP contribution in [0.15, 0.2) is 116 Å². The van der Waals surface area contributed by atoms with Crippen LogP contribution in [0.3, 0.4) is 0 Å². The van der Waals surface area contributed by atoms with Gasteiger partial charge in [-0.25, -0.2) is 14.5 Å². The molecule has 7 unspecified atom stereocenters. The fraction of sp³-hybridized carbons (Fsp3) is 0.389. The number of methoxy groups -OCH3 is 1. The minimum absolute atomic E-state index is 0.0262. The number of aliphatic hydroxyl groups excluding tert-OH is 1. The van der Waals surface area contributed by atoms with Gasteiger partial charge in [-0.2, -0.15) is 0 Å². The molecular weight excluding hydrogens is 865 g/mol. The number of carbonyl (C=O) groups excluding carboxylic acids is 5. The van der Waals surface area contributed by atoms with Gasteiger partial charge in [0.2, 0.25) is 11.8 Å². The van der Waals surface area contributed by atoms with Gasteiger partial charge in [0, 0.05) is 12.1 Å². The van der Waals surface area contributed by atoms with Gasteiger partial charge >= 0.3 is 18.0 Å². The minimum Gasteiger partial charge on any atom is -0.491 e. The van der Waals surface area contributed by atoms with E-state index in [1.54, 1.807) is 56.3 Å². The highest BCUT2D eigenvalue weighted by molar-refractivity contribution is 6.25. The quantitative estimate of drug-likeness (QED) is 0.0536. The Kier molecular flexibility index (Phi) is 14.2. The molecule has 4 aromatic rings. The lowest BCUT2D eigenvalue weighted by Gasteiger charge is -2.46. The highest BCUT2D eigenvalue weighted by Gasteiger charge is 2.75.